The molecule has 0 unspecified atom stereocenters. The van der Waals surface area contributed by atoms with Crippen LogP contribution < -0.4 is 4.74 Å². The Kier molecular flexibility index (Phi) is 6.01. The summed E-state index contributed by atoms with van der Waals surface area (Å²) in [5.41, 5.74) is 0.725. The van der Waals surface area contributed by atoms with Crippen LogP contribution in [0, 0.1) is 0 Å². The van der Waals surface area contributed by atoms with Gasteiger partial charge in [0.15, 0.2) is 0 Å². The number of amides is 1. The van der Waals surface area contributed by atoms with Crippen LogP contribution in [0.4, 0.5) is 0 Å². The van der Waals surface area contributed by atoms with Gasteiger partial charge in [-0.25, -0.2) is 0 Å². The Morgan fingerprint density at radius 3 is 2.55 bits per heavy atom. The lowest BCUT2D eigenvalue weighted by molar-refractivity contribution is -0.145. The molecule has 0 aliphatic rings. The first kappa shape index (κ1) is 16.5. The Morgan fingerprint density at radius 2 is 2.05 bits per heavy atom. The number of methoxy groups -OCH3 is 1. The van der Waals surface area contributed by atoms with Crippen molar-refractivity contribution in [2.75, 3.05) is 13.7 Å². The molecule has 1 aromatic carbocycles. The molecule has 0 saturated heterocycles. The van der Waals surface area contributed by atoms with Crippen molar-refractivity contribution in [1.82, 2.24) is 4.90 Å². The van der Waals surface area contributed by atoms with Gasteiger partial charge in [0.25, 0.3) is 0 Å². The predicted molar refractivity (Wildman–Crippen MR) is 78.9 cm³/mol. The highest BCUT2D eigenvalue weighted by molar-refractivity contribution is 9.10. The number of rotatable bonds is 6. The van der Waals surface area contributed by atoms with Gasteiger partial charge >= 0.3 is 5.97 Å². The van der Waals surface area contributed by atoms with E-state index in [9.17, 15) is 9.59 Å². The van der Waals surface area contributed by atoms with Gasteiger partial charge in [-0.2, -0.15) is 0 Å². The lowest BCUT2D eigenvalue weighted by Gasteiger charge is -2.25. The zero-order chi connectivity index (χ0) is 15.3. The molecule has 0 saturated carbocycles. The summed E-state index contributed by atoms with van der Waals surface area (Å²) >= 11 is 3.35. The average Bonchev–Trinajstić information content (AvgIpc) is 2.35. The molecule has 0 aliphatic carbocycles. The minimum Gasteiger partial charge on any atom is -0.496 e. The van der Waals surface area contributed by atoms with Crippen LogP contribution in [0.15, 0.2) is 22.7 Å². The van der Waals surface area contributed by atoms with Crippen LogP contribution in [0.25, 0.3) is 0 Å². The van der Waals surface area contributed by atoms with Gasteiger partial charge in [-0.05, 0) is 32.0 Å². The smallest absolute Gasteiger partial charge is 0.323 e. The van der Waals surface area contributed by atoms with E-state index in [4.69, 9.17) is 9.84 Å². The summed E-state index contributed by atoms with van der Waals surface area (Å²) in [6.07, 6.45) is 0.105. The summed E-state index contributed by atoms with van der Waals surface area (Å²) in [6.45, 7) is 3.28. The molecule has 0 aliphatic heterocycles. The quantitative estimate of drug-likeness (QED) is 0.860. The van der Waals surface area contributed by atoms with Gasteiger partial charge < -0.3 is 14.7 Å². The SMILES string of the molecule is COc1ccc(Br)cc1CC(=O)N(CC(=O)O)C(C)C. The van der Waals surface area contributed by atoms with Crippen LogP contribution in [0.2, 0.25) is 0 Å². The van der Waals surface area contributed by atoms with Crippen molar-refractivity contribution in [2.45, 2.75) is 26.3 Å². The monoisotopic (exact) mass is 343 g/mol. The minimum absolute atomic E-state index is 0.105. The normalized spacial score (nSPS) is 10.4. The number of carboxylic acids is 1. The summed E-state index contributed by atoms with van der Waals surface area (Å²) in [4.78, 5) is 24.4. The number of carboxylic acid groups (broad SMARTS) is 1. The third-order valence-corrected chi connectivity index (χ3v) is 3.33. The summed E-state index contributed by atoms with van der Waals surface area (Å²) < 4.78 is 6.06. The Bertz CT molecular complexity index is 502. The number of hydrogen-bond donors (Lipinski definition) is 1. The lowest BCUT2D eigenvalue weighted by Crippen LogP contribution is -2.41. The van der Waals surface area contributed by atoms with E-state index in [-0.39, 0.29) is 24.9 Å². The maximum Gasteiger partial charge on any atom is 0.323 e. The highest BCUT2D eigenvalue weighted by Gasteiger charge is 2.21. The zero-order valence-corrected chi connectivity index (χ0v) is 13.3. The lowest BCUT2D eigenvalue weighted by atomic mass is 10.1. The predicted octanol–water partition coefficient (Wildman–Crippen LogP) is 2.32. The third-order valence-electron chi connectivity index (χ3n) is 2.83. The van der Waals surface area contributed by atoms with Gasteiger partial charge in [0.2, 0.25) is 5.91 Å². The first-order chi connectivity index (χ1) is 9.35. The number of benzene rings is 1. The Morgan fingerprint density at radius 1 is 1.40 bits per heavy atom. The third kappa shape index (κ3) is 4.52. The number of carbonyl (C=O) groups is 2. The molecular formula is C14H18BrNO4. The molecule has 5 nitrogen and oxygen atoms in total. The maximum absolute atomic E-state index is 12.3. The number of carbonyl (C=O) groups excluding carboxylic acids is 1. The largest absolute Gasteiger partial charge is 0.496 e. The number of halogens is 1. The summed E-state index contributed by atoms with van der Waals surface area (Å²) in [5.74, 6) is -0.646. The summed E-state index contributed by atoms with van der Waals surface area (Å²) in [7, 11) is 1.54. The molecular weight excluding hydrogens is 326 g/mol. The second-order valence-corrected chi connectivity index (χ2v) is 5.56. The second kappa shape index (κ2) is 7.28. The molecule has 0 aromatic heterocycles. The number of hydrogen-bond acceptors (Lipinski definition) is 3. The van der Waals surface area contributed by atoms with Crippen molar-refractivity contribution < 1.29 is 19.4 Å². The Labute approximate surface area is 126 Å². The van der Waals surface area contributed by atoms with Crippen molar-refractivity contribution in [3.63, 3.8) is 0 Å². The van der Waals surface area contributed by atoms with Crippen molar-refractivity contribution >= 4 is 27.8 Å². The van der Waals surface area contributed by atoms with E-state index >= 15 is 0 Å². The average molecular weight is 344 g/mol. The molecule has 0 spiro atoms. The van der Waals surface area contributed by atoms with Crippen LogP contribution in [0.3, 0.4) is 0 Å². The molecule has 20 heavy (non-hydrogen) atoms. The molecule has 1 rings (SSSR count). The number of ether oxygens (including phenoxy) is 1. The fourth-order valence-corrected chi connectivity index (χ4v) is 2.26. The molecule has 1 amide bonds. The molecule has 110 valence electrons. The van der Waals surface area contributed by atoms with Crippen molar-refractivity contribution in [1.29, 1.82) is 0 Å². The molecule has 0 atom stereocenters. The van der Waals surface area contributed by atoms with E-state index in [1.165, 1.54) is 12.0 Å². The summed E-state index contributed by atoms with van der Waals surface area (Å²) in [6, 6.07) is 5.22. The van der Waals surface area contributed by atoms with Crippen LogP contribution in [-0.2, 0) is 16.0 Å². The standard InChI is InChI=1S/C14H18BrNO4/c1-9(2)16(8-14(18)19)13(17)7-10-6-11(15)4-5-12(10)20-3/h4-6,9H,7-8H2,1-3H3,(H,18,19). The first-order valence-electron chi connectivity index (χ1n) is 6.18. The molecule has 0 heterocycles. The van der Waals surface area contributed by atoms with Crippen LogP contribution in [0.5, 0.6) is 5.75 Å². The van der Waals surface area contributed by atoms with E-state index in [1.54, 1.807) is 26.0 Å². The van der Waals surface area contributed by atoms with E-state index < -0.39 is 5.97 Å². The van der Waals surface area contributed by atoms with Gasteiger partial charge in [-0.3, -0.25) is 9.59 Å². The van der Waals surface area contributed by atoms with Gasteiger partial charge in [-0.15, -0.1) is 0 Å². The Balaban J connectivity index is 2.93. The molecule has 0 bridgehead atoms. The van der Waals surface area contributed by atoms with E-state index in [0.717, 1.165) is 10.0 Å². The highest BCUT2D eigenvalue weighted by Crippen LogP contribution is 2.24. The zero-order valence-electron chi connectivity index (χ0n) is 11.7. The van der Waals surface area contributed by atoms with Crippen LogP contribution in [-0.4, -0.2) is 41.6 Å². The van der Waals surface area contributed by atoms with Crippen LogP contribution >= 0.6 is 15.9 Å². The van der Waals surface area contributed by atoms with E-state index in [1.807, 2.05) is 6.07 Å². The molecule has 1 N–H and O–H groups in total. The first-order valence-corrected chi connectivity index (χ1v) is 6.98. The number of nitrogens with zero attached hydrogens (tertiary/aromatic N) is 1. The second-order valence-electron chi connectivity index (χ2n) is 4.64. The highest BCUT2D eigenvalue weighted by atomic mass is 79.9. The van der Waals surface area contributed by atoms with E-state index in [0.29, 0.717) is 5.75 Å². The molecule has 6 heteroatoms. The van der Waals surface area contributed by atoms with Gasteiger partial charge in [0.05, 0.1) is 13.5 Å². The van der Waals surface area contributed by atoms with Crippen molar-refractivity contribution in [3.05, 3.63) is 28.2 Å². The molecule has 0 fully saturated rings. The van der Waals surface area contributed by atoms with Gasteiger partial charge in [0.1, 0.15) is 12.3 Å². The maximum atomic E-state index is 12.3. The van der Waals surface area contributed by atoms with E-state index in [2.05, 4.69) is 15.9 Å². The van der Waals surface area contributed by atoms with Gasteiger partial charge in [-0.1, -0.05) is 15.9 Å². The topological polar surface area (TPSA) is 66.8 Å². The molecule has 0 radical (unpaired) electrons. The van der Waals surface area contributed by atoms with Crippen LogP contribution in [0.1, 0.15) is 19.4 Å². The minimum atomic E-state index is -1.02. The fourth-order valence-electron chi connectivity index (χ4n) is 1.85. The fraction of sp³-hybridized carbons (Fsp3) is 0.429. The van der Waals surface area contributed by atoms with Crippen molar-refractivity contribution in [3.8, 4) is 5.75 Å². The summed E-state index contributed by atoms with van der Waals surface area (Å²) in [5, 5.41) is 8.87. The van der Waals surface area contributed by atoms with Gasteiger partial charge in [0, 0.05) is 16.1 Å². The molecule has 1 aromatic rings. The van der Waals surface area contributed by atoms with Crippen molar-refractivity contribution in [2.24, 2.45) is 0 Å². The Hall–Kier alpha value is -1.56. The number of aliphatic carboxylic acids is 1.